The molecule has 1 aromatic rings. The SMILES string of the molecule is CC(NC(=O)C(N)Cc1cnc[nH]1)C(=O)NC(C(=O)NC(CCCN=C(N)N)C(=O)O)C(C)C. The smallest absolute Gasteiger partial charge is 0.326 e. The lowest BCUT2D eigenvalue weighted by Gasteiger charge is -2.26. The predicted molar refractivity (Wildman–Crippen MR) is 124 cm³/mol. The Morgan fingerprint density at radius 1 is 1.09 bits per heavy atom. The normalized spacial score (nSPS) is 14.4. The van der Waals surface area contributed by atoms with E-state index < -0.39 is 47.9 Å². The summed E-state index contributed by atoms with van der Waals surface area (Å²) < 4.78 is 0. The number of carboxylic acid groups (broad SMARTS) is 1. The monoisotopic (exact) mass is 481 g/mol. The zero-order chi connectivity index (χ0) is 25.8. The van der Waals surface area contributed by atoms with Gasteiger partial charge in [-0.25, -0.2) is 9.78 Å². The molecule has 1 aromatic heterocycles. The number of aliphatic carboxylic acids is 1. The van der Waals surface area contributed by atoms with E-state index in [1.165, 1.54) is 13.3 Å². The minimum absolute atomic E-state index is 0.0945. The van der Waals surface area contributed by atoms with Gasteiger partial charge in [-0.15, -0.1) is 0 Å². The molecule has 4 unspecified atom stereocenters. The van der Waals surface area contributed by atoms with Gasteiger partial charge in [0.2, 0.25) is 17.7 Å². The Morgan fingerprint density at radius 2 is 1.76 bits per heavy atom. The van der Waals surface area contributed by atoms with Gasteiger partial charge in [0.15, 0.2) is 5.96 Å². The highest BCUT2D eigenvalue weighted by Crippen LogP contribution is 2.06. The summed E-state index contributed by atoms with van der Waals surface area (Å²) >= 11 is 0. The second-order valence-corrected chi connectivity index (χ2v) is 8.20. The zero-order valence-corrected chi connectivity index (χ0v) is 19.6. The van der Waals surface area contributed by atoms with Crippen LogP contribution in [0.3, 0.4) is 0 Å². The molecule has 14 nitrogen and oxygen atoms in total. The molecule has 0 saturated heterocycles. The quantitative estimate of drug-likeness (QED) is 0.0797. The van der Waals surface area contributed by atoms with Gasteiger partial charge < -0.3 is 43.2 Å². The van der Waals surface area contributed by atoms with Gasteiger partial charge in [0, 0.05) is 24.9 Å². The third-order valence-electron chi connectivity index (χ3n) is 4.89. The van der Waals surface area contributed by atoms with Gasteiger partial charge in [0.1, 0.15) is 18.1 Å². The van der Waals surface area contributed by atoms with Crippen LogP contribution < -0.4 is 33.2 Å². The summed E-state index contributed by atoms with van der Waals surface area (Å²) in [5.41, 5.74) is 17.0. The molecule has 0 saturated carbocycles. The number of hydrogen-bond acceptors (Lipinski definition) is 7. The van der Waals surface area contributed by atoms with Crippen LogP contribution in [0, 0.1) is 5.92 Å². The van der Waals surface area contributed by atoms with Crippen molar-refractivity contribution in [3.63, 3.8) is 0 Å². The molecule has 190 valence electrons. The van der Waals surface area contributed by atoms with E-state index in [4.69, 9.17) is 17.2 Å². The van der Waals surface area contributed by atoms with E-state index in [0.717, 1.165) is 0 Å². The molecule has 11 N–H and O–H groups in total. The minimum Gasteiger partial charge on any atom is -0.480 e. The number of carboxylic acids is 1. The van der Waals surface area contributed by atoms with Crippen LogP contribution in [0.15, 0.2) is 17.5 Å². The van der Waals surface area contributed by atoms with Crippen LogP contribution in [0.1, 0.15) is 39.3 Å². The largest absolute Gasteiger partial charge is 0.480 e. The lowest BCUT2D eigenvalue weighted by atomic mass is 10.0. The number of aromatic nitrogens is 2. The molecule has 1 rings (SSSR count). The molecule has 0 aliphatic rings. The Morgan fingerprint density at radius 3 is 2.29 bits per heavy atom. The number of nitrogens with two attached hydrogens (primary N) is 3. The van der Waals surface area contributed by atoms with Crippen LogP contribution in [0.2, 0.25) is 0 Å². The number of hydrogen-bond donors (Lipinski definition) is 8. The van der Waals surface area contributed by atoms with Crippen LogP contribution >= 0.6 is 0 Å². The van der Waals surface area contributed by atoms with E-state index in [2.05, 4.69) is 30.9 Å². The molecule has 1 heterocycles. The fourth-order valence-corrected chi connectivity index (χ4v) is 2.95. The van der Waals surface area contributed by atoms with Crippen molar-refractivity contribution in [3.8, 4) is 0 Å². The topological polar surface area (TPSA) is 244 Å². The summed E-state index contributed by atoms with van der Waals surface area (Å²) in [6.45, 7) is 5.06. The molecule has 0 aliphatic heterocycles. The van der Waals surface area contributed by atoms with Crippen LogP contribution in [0.5, 0.6) is 0 Å². The standard InChI is InChI=1S/C20H35N9O5/c1-10(2)15(18(32)28-14(19(33)34)5-4-6-25-20(22)23)29-16(30)11(3)27-17(31)13(21)7-12-8-24-9-26-12/h8-11,13-15H,4-7,21H2,1-3H3,(H,24,26)(H,27,31)(H,28,32)(H,29,30)(H,33,34)(H4,22,23,25). The van der Waals surface area contributed by atoms with E-state index in [9.17, 15) is 24.3 Å². The van der Waals surface area contributed by atoms with E-state index in [1.807, 2.05) is 0 Å². The number of carbonyl (C=O) groups excluding carboxylic acids is 3. The molecule has 14 heteroatoms. The van der Waals surface area contributed by atoms with Crippen molar-refractivity contribution < 1.29 is 24.3 Å². The van der Waals surface area contributed by atoms with Gasteiger partial charge in [-0.1, -0.05) is 13.8 Å². The molecular weight excluding hydrogens is 446 g/mol. The van der Waals surface area contributed by atoms with Crippen molar-refractivity contribution in [1.29, 1.82) is 0 Å². The first-order chi connectivity index (χ1) is 15.9. The maximum absolute atomic E-state index is 12.7. The number of carbonyl (C=O) groups is 4. The number of nitrogens with zero attached hydrogens (tertiary/aromatic N) is 2. The summed E-state index contributed by atoms with van der Waals surface area (Å²) in [4.78, 5) is 59.7. The van der Waals surface area contributed by atoms with Crippen molar-refractivity contribution in [2.24, 2.45) is 28.1 Å². The van der Waals surface area contributed by atoms with Crippen molar-refractivity contribution in [3.05, 3.63) is 18.2 Å². The highest BCUT2D eigenvalue weighted by atomic mass is 16.4. The van der Waals surface area contributed by atoms with Crippen LogP contribution in [-0.2, 0) is 25.6 Å². The molecule has 4 atom stereocenters. The lowest BCUT2D eigenvalue weighted by molar-refractivity contribution is -0.142. The second-order valence-electron chi connectivity index (χ2n) is 8.20. The number of nitrogens with one attached hydrogen (secondary N) is 4. The highest BCUT2D eigenvalue weighted by molar-refractivity contribution is 5.94. The molecule has 0 aliphatic carbocycles. The number of guanidine groups is 1. The van der Waals surface area contributed by atoms with E-state index in [1.54, 1.807) is 20.0 Å². The number of imidazole rings is 1. The van der Waals surface area contributed by atoms with Gasteiger partial charge in [0.25, 0.3) is 0 Å². The van der Waals surface area contributed by atoms with E-state index >= 15 is 0 Å². The fraction of sp³-hybridized carbons (Fsp3) is 0.600. The molecule has 3 amide bonds. The van der Waals surface area contributed by atoms with Gasteiger partial charge in [-0.2, -0.15) is 0 Å². The highest BCUT2D eigenvalue weighted by Gasteiger charge is 2.30. The number of H-pyrrole nitrogens is 1. The minimum atomic E-state index is -1.22. The number of amides is 3. The number of aliphatic imine (C=N–C) groups is 1. The Labute approximate surface area is 197 Å². The molecular formula is C20H35N9O5. The average molecular weight is 482 g/mol. The summed E-state index contributed by atoms with van der Waals surface area (Å²) in [5, 5.41) is 16.9. The first kappa shape index (κ1) is 28.4. The Bertz CT molecular complexity index is 853. The zero-order valence-electron chi connectivity index (χ0n) is 19.6. The molecule has 0 spiro atoms. The maximum atomic E-state index is 12.7. The first-order valence-corrected chi connectivity index (χ1v) is 10.8. The van der Waals surface area contributed by atoms with Crippen LogP contribution in [0.4, 0.5) is 0 Å². The molecule has 34 heavy (non-hydrogen) atoms. The molecule has 0 bridgehead atoms. The molecule has 0 aromatic carbocycles. The Balaban J connectivity index is 2.67. The van der Waals surface area contributed by atoms with Gasteiger partial charge >= 0.3 is 5.97 Å². The van der Waals surface area contributed by atoms with Crippen LogP contribution in [0.25, 0.3) is 0 Å². The van der Waals surface area contributed by atoms with Gasteiger partial charge in [-0.05, 0) is 25.7 Å². The van der Waals surface area contributed by atoms with Crippen molar-refractivity contribution in [1.82, 2.24) is 25.9 Å². The fourth-order valence-electron chi connectivity index (χ4n) is 2.95. The van der Waals surface area contributed by atoms with Crippen molar-refractivity contribution in [2.45, 2.75) is 64.2 Å². The third kappa shape index (κ3) is 9.85. The lowest BCUT2D eigenvalue weighted by Crippen LogP contribution is -2.57. The van der Waals surface area contributed by atoms with E-state index in [-0.39, 0.29) is 31.3 Å². The van der Waals surface area contributed by atoms with Crippen LogP contribution in [-0.4, -0.2) is 75.4 Å². The van der Waals surface area contributed by atoms with Crippen molar-refractivity contribution >= 4 is 29.7 Å². The summed E-state index contributed by atoms with van der Waals surface area (Å²) in [7, 11) is 0. The molecule has 0 fully saturated rings. The first-order valence-electron chi connectivity index (χ1n) is 10.8. The summed E-state index contributed by atoms with van der Waals surface area (Å²) in [5.74, 6) is -3.51. The Hall–Kier alpha value is -3.68. The second kappa shape index (κ2) is 13.8. The number of aromatic amines is 1. The average Bonchev–Trinajstić information content (AvgIpc) is 3.25. The maximum Gasteiger partial charge on any atom is 0.326 e. The van der Waals surface area contributed by atoms with Gasteiger partial charge in [-0.3, -0.25) is 19.4 Å². The summed E-state index contributed by atoms with van der Waals surface area (Å²) in [6.07, 6.45) is 3.64. The van der Waals surface area contributed by atoms with Crippen molar-refractivity contribution in [2.75, 3.05) is 6.54 Å². The summed E-state index contributed by atoms with van der Waals surface area (Å²) in [6, 6.07) is -4.10. The Kier molecular flexibility index (Phi) is 11.5. The van der Waals surface area contributed by atoms with Gasteiger partial charge in [0.05, 0.1) is 12.4 Å². The molecule has 0 radical (unpaired) electrons. The third-order valence-corrected chi connectivity index (χ3v) is 4.89. The van der Waals surface area contributed by atoms with E-state index in [0.29, 0.717) is 12.1 Å². The number of rotatable bonds is 14. The predicted octanol–water partition coefficient (Wildman–Crippen LogP) is -2.45.